The van der Waals surface area contributed by atoms with Crippen LogP contribution in [0.25, 0.3) is 0 Å². The van der Waals surface area contributed by atoms with Gasteiger partial charge in [-0.15, -0.1) is 0 Å². The predicted octanol–water partition coefficient (Wildman–Crippen LogP) is 8.96. The summed E-state index contributed by atoms with van der Waals surface area (Å²) >= 11 is 0. The number of carbonyl (C=O) groups excluding carboxylic acids is 1. The molecule has 6 unspecified atom stereocenters. The van der Waals surface area contributed by atoms with Crippen molar-refractivity contribution in [1.82, 2.24) is 0 Å². The molecular formula is C45H78O12S. The maximum absolute atomic E-state index is 12.8. The molecule has 0 aromatic heterocycles. The Labute approximate surface area is 350 Å². The van der Waals surface area contributed by atoms with Gasteiger partial charge in [0.2, 0.25) is 0 Å². The van der Waals surface area contributed by atoms with Gasteiger partial charge in [0, 0.05) is 13.0 Å². The van der Waals surface area contributed by atoms with Crippen LogP contribution in [-0.4, -0.2) is 97.5 Å². The summed E-state index contributed by atoms with van der Waals surface area (Å²) < 4.78 is 58.9. The third kappa shape index (κ3) is 29.9. The van der Waals surface area contributed by atoms with Gasteiger partial charge in [-0.05, 0) is 57.8 Å². The van der Waals surface area contributed by atoms with Gasteiger partial charge in [0.15, 0.2) is 6.29 Å². The monoisotopic (exact) mass is 843 g/mol. The number of aliphatic hydroxyl groups is 3. The van der Waals surface area contributed by atoms with Crippen LogP contribution in [0, 0.1) is 0 Å². The van der Waals surface area contributed by atoms with Crippen LogP contribution in [0.4, 0.5) is 0 Å². The van der Waals surface area contributed by atoms with Crippen LogP contribution in [0.1, 0.15) is 155 Å². The molecule has 0 amide bonds. The molecule has 1 aliphatic heterocycles. The van der Waals surface area contributed by atoms with Crippen molar-refractivity contribution in [2.24, 2.45) is 0 Å². The number of carbonyl (C=O) groups is 1. The second-order valence-electron chi connectivity index (χ2n) is 14.9. The molecule has 4 N–H and O–H groups in total. The Bertz CT molecular complexity index is 1250. The molecule has 0 aliphatic carbocycles. The summed E-state index contributed by atoms with van der Waals surface area (Å²) in [6, 6.07) is 0. The minimum atomic E-state index is -5.07. The van der Waals surface area contributed by atoms with E-state index in [1.807, 2.05) is 0 Å². The van der Waals surface area contributed by atoms with E-state index in [0.717, 1.165) is 70.6 Å². The van der Waals surface area contributed by atoms with Crippen molar-refractivity contribution in [1.29, 1.82) is 0 Å². The number of unbranched alkanes of at least 4 members (excludes halogenated alkanes) is 14. The number of esters is 1. The summed E-state index contributed by atoms with van der Waals surface area (Å²) in [7, 11) is -5.07. The molecule has 0 bridgehead atoms. The van der Waals surface area contributed by atoms with Gasteiger partial charge >= 0.3 is 16.4 Å². The second kappa shape index (κ2) is 36.6. The maximum atomic E-state index is 12.8. The fourth-order valence-electron chi connectivity index (χ4n) is 6.34. The second-order valence-corrected chi connectivity index (χ2v) is 16.0. The SMILES string of the molecule is CC/C=C\C/C=C\C/C=C\C/C=C\C/C=C\CCCCOCC(COC1OC(CO)C(O)C(OS(=O)(=O)O)C1O)OC(=O)CCCCCCCCCCCCCCC. The molecule has 0 spiro atoms. The Morgan fingerprint density at radius 3 is 1.71 bits per heavy atom. The van der Waals surface area contributed by atoms with Gasteiger partial charge in [-0.25, -0.2) is 4.18 Å². The number of hydrogen-bond acceptors (Lipinski definition) is 11. The quantitative estimate of drug-likeness (QED) is 0.0202. The van der Waals surface area contributed by atoms with Crippen LogP contribution in [0.15, 0.2) is 60.8 Å². The van der Waals surface area contributed by atoms with Gasteiger partial charge in [-0.2, -0.15) is 8.42 Å². The Balaban J connectivity index is 2.48. The third-order valence-corrected chi connectivity index (χ3v) is 10.1. The van der Waals surface area contributed by atoms with Crippen molar-refractivity contribution in [3.05, 3.63) is 60.8 Å². The summed E-state index contributed by atoms with van der Waals surface area (Å²) in [6.07, 6.45) is 35.5. The highest BCUT2D eigenvalue weighted by Crippen LogP contribution is 2.26. The van der Waals surface area contributed by atoms with E-state index in [-0.39, 0.29) is 19.6 Å². The zero-order valence-electron chi connectivity index (χ0n) is 35.6. The molecule has 58 heavy (non-hydrogen) atoms. The lowest BCUT2D eigenvalue weighted by Crippen LogP contribution is -2.60. The minimum absolute atomic E-state index is 0.00578. The average molecular weight is 843 g/mol. The van der Waals surface area contributed by atoms with E-state index < -0.39 is 59.8 Å². The highest BCUT2D eigenvalue weighted by molar-refractivity contribution is 7.80. The highest BCUT2D eigenvalue weighted by Gasteiger charge is 2.48. The highest BCUT2D eigenvalue weighted by atomic mass is 32.3. The molecule has 1 aliphatic rings. The first kappa shape index (κ1) is 53.8. The first-order valence-corrected chi connectivity index (χ1v) is 23.4. The lowest BCUT2D eigenvalue weighted by Gasteiger charge is -2.41. The lowest BCUT2D eigenvalue weighted by molar-refractivity contribution is -0.301. The van der Waals surface area contributed by atoms with E-state index in [4.69, 9.17) is 23.5 Å². The molecule has 0 aromatic carbocycles. The number of hydrogen-bond donors (Lipinski definition) is 4. The predicted molar refractivity (Wildman–Crippen MR) is 229 cm³/mol. The van der Waals surface area contributed by atoms with E-state index >= 15 is 0 Å². The number of ether oxygens (including phenoxy) is 4. The fraction of sp³-hybridized carbons (Fsp3) is 0.756. The summed E-state index contributed by atoms with van der Waals surface area (Å²) in [6.45, 7) is 3.75. The number of rotatable bonds is 37. The Kier molecular flexibility index (Phi) is 34.0. The van der Waals surface area contributed by atoms with Crippen LogP contribution in [0.2, 0.25) is 0 Å². The van der Waals surface area contributed by atoms with E-state index in [0.29, 0.717) is 13.0 Å². The molecule has 1 heterocycles. The van der Waals surface area contributed by atoms with Gasteiger partial charge in [-0.1, -0.05) is 152 Å². The Hall–Kier alpha value is -2.20. The Morgan fingerprint density at radius 1 is 0.672 bits per heavy atom. The van der Waals surface area contributed by atoms with Crippen LogP contribution >= 0.6 is 0 Å². The molecule has 12 nitrogen and oxygen atoms in total. The topological polar surface area (TPSA) is 178 Å². The van der Waals surface area contributed by atoms with Crippen molar-refractivity contribution in [3.63, 3.8) is 0 Å². The molecule has 0 radical (unpaired) electrons. The maximum Gasteiger partial charge on any atom is 0.397 e. The molecule has 1 saturated heterocycles. The zero-order valence-corrected chi connectivity index (χ0v) is 36.4. The van der Waals surface area contributed by atoms with E-state index in [9.17, 15) is 28.5 Å². The molecule has 6 atom stereocenters. The zero-order chi connectivity index (χ0) is 42.5. The van der Waals surface area contributed by atoms with Gasteiger partial charge in [0.25, 0.3) is 0 Å². The van der Waals surface area contributed by atoms with Crippen LogP contribution in [0.3, 0.4) is 0 Å². The number of allylic oxidation sites excluding steroid dienone is 10. The largest absolute Gasteiger partial charge is 0.457 e. The normalized spacial score (nSPS) is 21.1. The Morgan fingerprint density at radius 2 is 1.19 bits per heavy atom. The summed E-state index contributed by atoms with van der Waals surface area (Å²) in [5.74, 6) is -0.417. The van der Waals surface area contributed by atoms with Crippen molar-refractivity contribution in [2.45, 2.75) is 192 Å². The van der Waals surface area contributed by atoms with Crippen molar-refractivity contribution < 1.29 is 56.2 Å². The fourth-order valence-corrected chi connectivity index (χ4v) is 6.85. The van der Waals surface area contributed by atoms with Gasteiger partial charge < -0.3 is 34.3 Å². The smallest absolute Gasteiger partial charge is 0.397 e. The molecule has 1 rings (SSSR count). The van der Waals surface area contributed by atoms with Gasteiger partial charge in [0.05, 0.1) is 19.8 Å². The van der Waals surface area contributed by atoms with Crippen molar-refractivity contribution in [3.8, 4) is 0 Å². The molecule has 1 fully saturated rings. The first-order valence-electron chi connectivity index (χ1n) is 22.0. The minimum Gasteiger partial charge on any atom is -0.457 e. The standard InChI is InChI=1S/C45H78O12S/c1-3-5-7-9-11-13-15-17-18-19-20-21-23-25-27-29-31-33-35-53-37-39(38-54-45-43(49)44(57-58(50,51)52)42(48)40(36-46)56-45)55-41(47)34-32-30-28-26-24-22-16-14-12-10-8-6-4-2/h5,7,11,13,17-18,20-21,25,27,39-40,42-46,48-49H,3-4,6,8-10,12,14-16,19,22-24,26,28-38H2,1-2H3,(H,50,51,52)/b7-5-,13-11-,18-17-,21-20-,27-25-. The number of aliphatic hydroxyl groups excluding tert-OH is 3. The van der Waals surface area contributed by atoms with Gasteiger partial charge in [-0.3, -0.25) is 9.35 Å². The summed E-state index contributed by atoms with van der Waals surface area (Å²) in [4.78, 5) is 12.8. The van der Waals surface area contributed by atoms with Crippen LogP contribution in [-0.2, 0) is 38.3 Å². The van der Waals surface area contributed by atoms with E-state index in [2.05, 4.69) is 78.8 Å². The van der Waals surface area contributed by atoms with Crippen LogP contribution < -0.4 is 0 Å². The molecule has 13 heteroatoms. The van der Waals surface area contributed by atoms with E-state index in [1.54, 1.807) is 0 Å². The van der Waals surface area contributed by atoms with Crippen molar-refractivity contribution >= 4 is 16.4 Å². The molecular weight excluding hydrogens is 765 g/mol. The van der Waals surface area contributed by atoms with Gasteiger partial charge in [0.1, 0.15) is 30.5 Å². The molecule has 0 aromatic rings. The molecule has 0 saturated carbocycles. The third-order valence-electron chi connectivity index (χ3n) is 9.65. The first-order chi connectivity index (χ1) is 28.1. The summed E-state index contributed by atoms with van der Waals surface area (Å²) in [5, 5.41) is 30.6. The summed E-state index contributed by atoms with van der Waals surface area (Å²) in [5.41, 5.74) is 0. The lowest BCUT2D eigenvalue weighted by atomic mass is 9.99. The van der Waals surface area contributed by atoms with Crippen molar-refractivity contribution in [2.75, 3.05) is 26.4 Å². The van der Waals surface area contributed by atoms with Crippen LogP contribution in [0.5, 0.6) is 0 Å². The average Bonchev–Trinajstić information content (AvgIpc) is 3.19. The molecule has 336 valence electrons. The van der Waals surface area contributed by atoms with E-state index in [1.165, 1.54) is 57.8 Å².